The van der Waals surface area contributed by atoms with E-state index in [0.29, 0.717) is 0 Å². The van der Waals surface area contributed by atoms with Gasteiger partial charge in [-0.3, -0.25) is 0 Å². The lowest BCUT2D eigenvalue weighted by molar-refractivity contribution is 0.0185. The number of ether oxygens (including phenoxy) is 2. The number of hydrogen-bond acceptors (Lipinski definition) is 4. The van der Waals surface area contributed by atoms with E-state index in [4.69, 9.17) is 9.47 Å². The molecular weight excluding hydrogens is 252 g/mol. The molecule has 0 fully saturated rings. The van der Waals surface area contributed by atoms with Crippen LogP contribution < -0.4 is 10.1 Å². The van der Waals surface area contributed by atoms with Gasteiger partial charge in [-0.15, -0.1) is 0 Å². The van der Waals surface area contributed by atoms with Gasteiger partial charge >= 0.3 is 0 Å². The molecule has 0 radical (unpaired) electrons. The summed E-state index contributed by atoms with van der Waals surface area (Å²) in [5.41, 5.74) is 2.20. The summed E-state index contributed by atoms with van der Waals surface area (Å²) < 4.78 is 10.8. The lowest BCUT2D eigenvalue weighted by atomic mass is 10.1. The third kappa shape index (κ3) is 5.39. The van der Waals surface area contributed by atoms with E-state index in [1.165, 1.54) is 5.56 Å². The number of hydrogen-bond donors (Lipinski definition) is 1. The van der Waals surface area contributed by atoms with Crippen LogP contribution in [0.4, 0.5) is 5.69 Å². The van der Waals surface area contributed by atoms with Crippen molar-refractivity contribution in [3.8, 4) is 5.75 Å². The smallest absolute Gasteiger partial charge is 0.141 e. The van der Waals surface area contributed by atoms with Gasteiger partial charge < -0.3 is 19.7 Å². The Morgan fingerprint density at radius 2 is 1.90 bits per heavy atom. The zero-order chi connectivity index (χ0) is 15.2. The van der Waals surface area contributed by atoms with Gasteiger partial charge in [0.15, 0.2) is 0 Å². The molecule has 0 heterocycles. The van der Waals surface area contributed by atoms with Crippen molar-refractivity contribution in [3.05, 3.63) is 23.8 Å². The summed E-state index contributed by atoms with van der Waals surface area (Å²) in [5, 5.41) is 3.44. The van der Waals surface area contributed by atoms with Crippen LogP contribution in [0.5, 0.6) is 5.75 Å². The van der Waals surface area contributed by atoms with Crippen molar-refractivity contribution in [2.24, 2.45) is 0 Å². The van der Waals surface area contributed by atoms with Crippen molar-refractivity contribution in [1.29, 1.82) is 0 Å². The lowest BCUT2D eigenvalue weighted by Gasteiger charge is -2.23. The van der Waals surface area contributed by atoms with Gasteiger partial charge in [-0.2, -0.15) is 0 Å². The fraction of sp³-hybridized carbons (Fsp3) is 0.625. The molecule has 4 nitrogen and oxygen atoms in total. The summed E-state index contributed by atoms with van der Waals surface area (Å²) in [6, 6.07) is 6.27. The van der Waals surface area contributed by atoms with E-state index >= 15 is 0 Å². The monoisotopic (exact) mass is 280 g/mol. The zero-order valence-corrected chi connectivity index (χ0v) is 13.6. The van der Waals surface area contributed by atoms with Gasteiger partial charge in [0.2, 0.25) is 0 Å². The average Bonchev–Trinajstić information content (AvgIpc) is 2.38. The van der Waals surface area contributed by atoms with Gasteiger partial charge in [0.1, 0.15) is 5.75 Å². The van der Waals surface area contributed by atoms with E-state index in [1.54, 1.807) is 14.2 Å². The maximum Gasteiger partial charge on any atom is 0.141 e. The number of benzene rings is 1. The van der Waals surface area contributed by atoms with E-state index < -0.39 is 0 Å². The molecule has 0 aromatic heterocycles. The molecule has 0 spiro atoms. The minimum Gasteiger partial charge on any atom is -0.495 e. The lowest BCUT2D eigenvalue weighted by Crippen LogP contribution is -2.25. The van der Waals surface area contributed by atoms with Crippen LogP contribution in [-0.4, -0.2) is 45.4 Å². The van der Waals surface area contributed by atoms with Gasteiger partial charge in [0.05, 0.1) is 18.4 Å². The molecule has 0 amide bonds. The van der Waals surface area contributed by atoms with E-state index in [-0.39, 0.29) is 5.60 Å². The Labute approximate surface area is 123 Å². The maximum atomic E-state index is 5.43. The molecule has 0 aliphatic carbocycles. The van der Waals surface area contributed by atoms with Gasteiger partial charge in [-0.1, -0.05) is 6.07 Å². The fourth-order valence-electron chi connectivity index (χ4n) is 1.96. The molecule has 1 aromatic rings. The van der Waals surface area contributed by atoms with Crippen LogP contribution in [-0.2, 0) is 11.3 Å². The molecule has 1 aromatic carbocycles. The standard InChI is InChI=1S/C16H28N2O2/c1-16(2,20-6)9-10-17-14-11-13(12-18(3)4)7-8-15(14)19-5/h7-8,11,17H,9-10,12H2,1-6H3. The second kappa shape index (κ2) is 7.50. The molecule has 0 aliphatic heterocycles. The normalized spacial score (nSPS) is 11.8. The topological polar surface area (TPSA) is 33.7 Å². The van der Waals surface area contributed by atoms with E-state index in [2.05, 4.69) is 50.3 Å². The average molecular weight is 280 g/mol. The summed E-state index contributed by atoms with van der Waals surface area (Å²) in [6.07, 6.45) is 0.935. The number of nitrogens with one attached hydrogen (secondary N) is 1. The molecule has 1 rings (SSSR count). The first-order chi connectivity index (χ1) is 9.38. The van der Waals surface area contributed by atoms with Crippen molar-refractivity contribution in [1.82, 2.24) is 4.90 Å². The Kier molecular flexibility index (Phi) is 6.30. The summed E-state index contributed by atoms with van der Waals surface area (Å²) in [5.74, 6) is 0.878. The van der Waals surface area contributed by atoms with Gasteiger partial charge in [-0.05, 0) is 52.1 Å². The Hall–Kier alpha value is -1.26. The third-order valence-corrected chi connectivity index (χ3v) is 3.36. The highest BCUT2D eigenvalue weighted by Gasteiger charge is 2.15. The summed E-state index contributed by atoms with van der Waals surface area (Å²) >= 11 is 0. The van der Waals surface area contributed by atoms with Crippen LogP contribution >= 0.6 is 0 Å². The van der Waals surface area contributed by atoms with Crippen LogP contribution in [0.1, 0.15) is 25.8 Å². The molecule has 114 valence electrons. The van der Waals surface area contributed by atoms with Crippen LogP contribution in [0.25, 0.3) is 0 Å². The molecule has 0 aliphatic rings. The van der Waals surface area contributed by atoms with E-state index in [9.17, 15) is 0 Å². The first-order valence-corrected chi connectivity index (χ1v) is 6.98. The van der Waals surface area contributed by atoms with Gasteiger partial charge in [0.25, 0.3) is 0 Å². The molecular formula is C16H28N2O2. The van der Waals surface area contributed by atoms with Gasteiger partial charge in [-0.25, -0.2) is 0 Å². The second-order valence-corrected chi connectivity index (χ2v) is 5.91. The quantitative estimate of drug-likeness (QED) is 0.794. The predicted octanol–water partition coefficient (Wildman–Crippen LogP) is 2.98. The third-order valence-electron chi connectivity index (χ3n) is 3.36. The number of anilines is 1. The van der Waals surface area contributed by atoms with E-state index in [0.717, 1.165) is 30.9 Å². The summed E-state index contributed by atoms with van der Waals surface area (Å²) in [4.78, 5) is 2.15. The molecule has 0 saturated carbocycles. The fourth-order valence-corrected chi connectivity index (χ4v) is 1.96. The Bertz CT molecular complexity index is 417. The summed E-state index contributed by atoms with van der Waals surface area (Å²) in [6.45, 7) is 5.95. The highest BCUT2D eigenvalue weighted by Crippen LogP contribution is 2.26. The Balaban J connectivity index is 2.71. The van der Waals surface area contributed by atoms with Crippen molar-refractivity contribution < 1.29 is 9.47 Å². The molecule has 1 N–H and O–H groups in total. The summed E-state index contributed by atoms with van der Waals surface area (Å²) in [7, 11) is 7.58. The first-order valence-electron chi connectivity index (χ1n) is 6.98. The Morgan fingerprint density at radius 3 is 2.45 bits per heavy atom. The minimum atomic E-state index is -0.110. The second-order valence-electron chi connectivity index (χ2n) is 5.91. The molecule has 0 saturated heterocycles. The molecule has 0 unspecified atom stereocenters. The highest BCUT2D eigenvalue weighted by molar-refractivity contribution is 5.58. The molecule has 0 bridgehead atoms. The van der Waals surface area contributed by atoms with Crippen LogP contribution in [0.3, 0.4) is 0 Å². The van der Waals surface area contributed by atoms with Crippen LogP contribution in [0, 0.1) is 0 Å². The molecule has 0 atom stereocenters. The van der Waals surface area contributed by atoms with Crippen molar-refractivity contribution in [2.75, 3.05) is 40.2 Å². The van der Waals surface area contributed by atoms with Gasteiger partial charge in [0, 0.05) is 20.2 Å². The van der Waals surface area contributed by atoms with Crippen LogP contribution in [0.15, 0.2) is 18.2 Å². The van der Waals surface area contributed by atoms with Crippen molar-refractivity contribution >= 4 is 5.69 Å². The number of methoxy groups -OCH3 is 2. The maximum absolute atomic E-state index is 5.43. The minimum absolute atomic E-state index is 0.110. The molecule has 20 heavy (non-hydrogen) atoms. The zero-order valence-electron chi connectivity index (χ0n) is 13.6. The SMILES string of the molecule is COc1ccc(CN(C)C)cc1NCCC(C)(C)OC. The molecule has 4 heteroatoms. The Morgan fingerprint density at radius 1 is 1.20 bits per heavy atom. The predicted molar refractivity (Wildman–Crippen MR) is 84.6 cm³/mol. The van der Waals surface area contributed by atoms with Crippen LogP contribution in [0.2, 0.25) is 0 Å². The van der Waals surface area contributed by atoms with Crippen molar-refractivity contribution in [3.63, 3.8) is 0 Å². The number of rotatable bonds is 8. The number of nitrogens with zero attached hydrogens (tertiary/aromatic N) is 1. The van der Waals surface area contributed by atoms with E-state index in [1.807, 2.05) is 6.07 Å². The first kappa shape index (κ1) is 16.8. The van der Waals surface area contributed by atoms with Crippen molar-refractivity contribution in [2.45, 2.75) is 32.4 Å². The highest BCUT2D eigenvalue weighted by atomic mass is 16.5. The largest absolute Gasteiger partial charge is 0.495 e.